The van der Waals surface area contributed by atoms with Crippen molar-refractivity contribution in [3.63, 3.8) is 0 Å². The minimum Gasteiger partial charge on any atom is -0.476 e. The first kappa shape index (κ1) is 11.3. The second-order valence-corrected chi connectivity index (χ2v) is 3.83. The summed E-state index contributed by atoms with van der Waals surface area (Å²) in [5, 5.41) is 20.7. The molecule has 0 aliphatic heterocycles. The first-order chi connectivity index (χ1) is 9.16. The molecule has 2 aromatic heterocycles. The zero-order valence-corrected chi connectivity index (χ0v) is 9.49. The summed E-state index contributed by atoms with van der Waals surface area (Å²) in [5.41, 5.74) is 0.950. The molecule has 0 spiro atoms. The van der Waals surface area contributed by atoms with Crippen LogP contribution in [0.25, 0.3) is 16.6 Å². The Bertz CT molecular complexity index is 767. The highest BCUT2D eigenvalue weighted by atomic mass is 19.1. The van der Waals surface area contributed by atoms with Gasteiger partial charge in [0.25, 0.3) is 0 Å². The maximum atomic E-state index is 12.9. The van der Waals surface area contributed by atoms with Crippen molar-refractivity contribution < 1.29 is 14.3 Å². The van der Waals surface area contributed by atoms with Crippen molar-refractivity contribution in [3.8, 4) is 5.69 Å². The molecule has 0 amide bonds. The molecule has 0 aliphatic carbocycles. The van der Waals surface area contributed by atoms with E-state index in [1.807, 2.05) is 0 Å². The van der Waals surface area contributed by atoms with Crippen molar-refractivity contribution in [2.75, 3.05) is 0 Å². The minimum atomic E-state index is -1.17. The van der Waals surface area contributed by atoms with Crippen LogP contribution in [0, 0.1) is 5.82 Å². The van der Waals surface area contributed by atoms with Gasteiger partial charge in [-0.15, -0.1) is 5.10 Å². The standard InChI is InChI=1S/C12H7FN4O2/c13-7-1-3-8(4-2-7)17-10-6-14-16-11(12(18)19)9(10)5-15-17/h1-6H,(H,18,19). The van der Waals surface area contributed by atoms with Gasteiger partial charge >= 0.3 is 5.97 Å². The average Bonchev–Trinajstić information content (AvgIpc) is 2.83. The largest absolute Gasteiger partial charge is 0.476 e. The molecule has 1 aromatic carbocycles. The topological polar surface area (TPSA) is 80.9 Å². The first-order valence-electron chi connectivity index (χ1n) is 5.35. The molecule has 0 fully saturated rings. The van der Waals surface area contributed by atoms with E-state index >= 15 is 0 Å². The Morgan fingerprint density at radius 3 is 2.63 bits per heavy atom. The van der Waals surface area contributed by atoms with Crippen molar-refractivity contribution in [1.29, 1.82) is 0 Å². The van der Waals surface area contributed by atoms with Gasteiger partial charge in [-0.25, -0.2) is 13.9 Å². The number of halogens is 1. The number of carboxylic acids is 1. The van der Waals surface area contributed by atoms with E-state index in [9.17, 15) is 9.18 Å². The van der Waals surface area contributed by atoms with E-state index in [4.69, 9.17) is 5.11 Å². The predicted molar refractivity (Wildman–Crippen MR) is 63.6 cm³/mol. The van der Waals surface area contributed by atoms with E-state index in [1.54, 1.807) is 12.1 Å². The van der Waals surface area contributed by atoms with Crippen LogP contribution in [0.5, 0.6) is 0 Å². The summed E-state index contributed by atoms with van der Waals surface area (Å²) >= 11 is 0. The number of fused-ring (bicyclic) bond motifs is 1. The number of aromatic nitrogens is 4. The summed E-state index contributed by atoms with van der Waals surface area (Å²) in [6, 6.07) is 5.69. The van der Waals surface area contributed by atoms with Crippen LogP contribution < -0.4 is 0 Å². The fourth-order valence-corrected chi connectivity index (χ4v) is 1.81. The summed E-state index contributed by atoms with van der Waals surface area (Å²) in [4.78, 5) is 11.0. The highest BCUT2D eigenvalue weighted by Gasteiger charge is 2.15. The molecular weight excluding hydrogens is 251 g/mol. The third kappa shape index (κ3) is 1.81. The summed E-state index contributed by atoms with van der Waals surface area (Å²) in [6.07, 6.45) is 2.81. The highest BCUT2D eigenvalue weighted by Crippen LogP contribution is 2.19. The number of benzene rings is 1. The molecule has 6 nitrogen and oxygen atoms in total. The van der Waals surface area contributed by atoms with Gasteiger partial charge in [-0.1, -0.05) is 0 Å². The molecule has 0 atom stereocenters. The summed E-state index contributed by atoms with van der Waals surface area (Å²) in [7, 11) is 0. The van der Waals surface area contributed by atoms with Gasteiger partial charge in [0.05, 0.1) is 29.0 Å². The van der Waals surface area contributed by atoms with Crippen molar-refractivity contribution in [2.45, 2.75) is 0 Å². The van der Waals surface area contributed by atoms with E-state index < -0.39 is 5.97 Å². The Labute approximate surface area is 106 Å². The monoisotopic (exact) mass is 258 g/mol. The Morgan fingerprint density at radius 2 is 1.95 bits per heavy atom. The third-order valence-electron chi connectivity index (χ3n) is 2.67. The van der Waals surface area contributed by atoms with Gasteiger partial charge in [0.15, 0.2) is 5.69 Å². The summed E-state index contributed by atoms with van der Waals surface area (Å²) < 4.78 is 14.4. The van der Waals surface area contributed by atoms with Gasteiger partial charge in [-0.3, -0.25) is 0 Å². The fourth-order valence-electron chi connectivity index (χ4n) is 1.81. The SMILES string of the molecule is O=C(O)c1nncc2c1cnn2-c1ccc(F)cc1. The number of carboxylic acid groups (broad SMARTS) is 1. The van der Waals surface area contributed by atoms with Crippen molar-refractivity contribution >= 4 is 16.9 Å². The van der Waals surface area contributed by atoms with Crippen molar-refractivity contribution in [1.82, 2.24) is 20.0 Å². The lowest BCUT2D eigenvalue weighted by Gasteiger charge is -2.03. The number of aromatic carboxylic acids is 1. The smallest absolute Gasteiger partial charge is 0.357 e. The van der Waals surface area contributed by atoms with E-state index in [0.717, 1.165) is 0 Å². The van der Waals surface area contributed by atoms with E-state index in [-0.39, 0.29) is 11.5 Å². The Balaban J connectivity index is 2.24. The molecule has 0 radical (unpaired) electrons. The first-order valence-corrected chi connectivity index (χ1v) is 5.35. The number of carbonyl (C=O) groups is 1. The number of nitrogens with zero attached hydrogens (tertiary/aromatic N) is 4. The second-order valence-electron chi connectivity index (χ2n) is 3.83. The average molecular weight is 258 g/mol. The van der Waals surface area contributed by atoms with Crippen LogP contribution in [0.4, 0.5) is 4.39 Å². The molecule has 1 N–H and O–H groups in total. The molecule has 0 unspecified atom stereocenters. The van der Waals surface area contributed by atoms with Crippen LogP contribution in [0.2, 0.25) is 0 Å². The molecule has 2 heterocycles. The minimum absolute atomic E-state index is 0.161. The van der Waals surface area contributed by atoms with E-state index in [2.05, 4.69) is 15.3 Å². The molecule has 3 aromatic rings. The Kier molecular flexibility index (Phi) is 2.45. The Hall–Kier alpha value is -2.83. The molecule has 7 heteroatoms. The van der Waals surface area contributed by atoms with Crippen LogP contribution in [-0.4, -0.2) is 31.1 Å². The van der Waals surface area contributed by atoms with Gasteiger partial charge in [0, 0.05) is 0 Å². The molecule has 0 aliphatic rings. The number of rotatable bonds is 2. The van der Waals surface area contributed by atoms with E-state index in [0.29, 0.717) is 16.6 Å². The van der Waals surface area contributed by atoms with E-state index in [1.165, 1.54) is 29.2 Å². The van der Waals surface area contributed by atoms with Crippen LogP contribution >= 0.6 is 0 Å². The zero-order chi connectivity index (χ0) is 13.4. The molecule has 3 rings (SSSR count). The predicted octanol–water partition coefficient (Wildman–Crippen LogP) is 1.65. The molecule has 94 valence electrons. The van der Waals surface area contributed by atoms with Crippen LogP contribution in [0.1, 0.15) is 10.5 Å². The van der Waals surface area contributed by atoms with Gasteiger partial charge in [-0.2, -0.15) is 10.2 Å². The lowest BCUT2D eigenvalue weighted by atomic mass is 10.2. The lowest BCUT2D eigenvalue weighted by Crippen LogP contribution is -2.03. The molecule has 0 saturated heterocycles. The highest BCUT2D eigenvalue weighted by molar-refractivity contribution is 6.00. The maximum absolute atomic E-state index is 12.9. The van der Waals surface area contributed by atoms with Gasteiger partial charge < -0.3 is 5.11 Å². The third-order valence-corrected chi connectivity index (χ3v) is 2.67. The molecule has 0 saturated carbocycles. The molecule has 0 bridgehead atoms. The van der Waals surface area contributed by atoms with Crippen LogP contribution in [0.3, 0.4) is 0 Å². The van der Waals surface area contributed by atoms with Gasteiger partial charge in [0.1, 0.15) is 5.82 Å². The second kappa shape index (κ2) is 4.13. The fraction of sp³-hybridized carbons (Fsp3) is 0. The van der Waals surface area contributed by atoms with Crippen LogP contribution in [-0.2, 0) is 0 Å². The van der Waals surface area contributed by atoms with Crippen molar-refractivity contribution in [3.05, 3.63) is 48.2 Å². The number of hydrogen-bond acceptors (Lipinski definition) is 4. The Morgan fingerprint density at radius 1 is 1.21 bits per heavy atom. The van der Waals surface area contributed by atoms with Crippen molar-refractivity contribution in [2.24, 2.45) is 0 Å². The van der Waals surface area contributed by atoms with Crippen LogP contribution in [0.15, 0.2) is 36.7 Å². The normalized spacial score (nSPS) is 10.8. The van der Waals surface area contributed by atoms with Gasteiger partial charge in [-0.05, 0) is 24.3 Å². The lowest BCUT2D eigenvalue weighted by molar-refractivity contribution is 0.0691. The molecular formula is C12H7FN4O2. The summed E-state index contributed by atoms with van der Waals surface area (Å²) in [6.45, 7) is 0. The molecule has 19 heavy (non-hydrogen) atoms. The number of hydrogen-bond donors (Lipinski definition) is 1. The maximum Gasteiger partial charge on any atom is 0.357 e. The quantitative estimate of drug-likeness (QED) is 0.755. The van der Waals surface area contributed by atoms with Gasteiger partial charge in [0.2, 0.25) is 0 Å². The zero-order valence-electron chi connectivity index (χ0n) is 9.49. The summed E-state index contributed by atoms with van der Waals surface area (Å²) in [5.74, 6) is -1.53.